The maximum Gasteiger partial charge on any atom is 0.254 e. The van der Waals surface area contributed by atoms with Crippen LogP contribution in [0.4, 0.5) is 0 Å². The van der Waals surface area contributed by atoms with Gasteiger partial charge >= 0.3 is 0 Å². The lowest BCUT2D eigenvalue weighted by Crippen LogP contribution is -2.42. The van der Waals surface area contributed by atoms with Gasteiger partial charge in [0.15, 0.2) is 0 Å². The maximum atomic E-state index is 11.8. The molecule has 39 heavy (non-hydrogen) atoms. The molecule has 2 amide bonds. The summed E-state index contributed by atoms with van der Waals surface area (Å²) in [6.45, 7) is 9.71. The van der Waals surface area contributed by atoms with Crippen molar-refractivity contribution in [2.24, 2.45) is 5.11 Å². The number of amides is 2. The Labute approximate surface area is 230 Å². The lowest BCUT2D eigenvalue weighted by atomic mass is 9.84. The van der Waals surface area contributed by atoms with Crippen molar-refractivity contribution in [3.8, 4) is 11.5 Å². The normalized spacial score (nSPS) is 19.3. The molecule has 0 aromatic heterocycles. The van der Waals surface area contributed by atoms with E-state index in [4.69, 9.17) is 15.0 Å². The fraction of sp³-hybridized carbons (Fsp3) is 0.484. The largest absolute Gasteiger partial charge is 0.489 e. The molecule has 4 rings (SSSR count). The van der Waals surface area contributed by atoms with Gasteiger partial charge in [-0.05, 0) is 117 Å². The second kappa shape index (κ2) is 12.4. The fourth-order valence-corrected chi connectivity index (χ4v) is 5.46. The summed E-state index contributed by atoms with van der Waals surface area (Å²) < 4.78 is 12.8. The van der Waals surface area contributed by atoms with Crippen molar-refractivity contribution < 1.29 is 19.1 Å². The van der Waals surface area contributed by atoms with Crippen LogP contribution in [-0.2, 0) is 22.4 Å². The first-order valence-electron chi connectivity index (χ1n) is 13.8. The Hall–Kier alpha value is -3.77. The Balaban J connectivity index is 1.37. The molecule has 0 spiro atoms. The van der Waals surface area contributed by atoms with Gasteiger partial charge in [0.2, 0.25) is 5.91 Å². The van der Waals surface area contributed by atoms with Crippen molar-refractivity contribution in [1.82, 2.24) is 5.32 Å². The minimum Gasteiger partial charge on any atom is -0.489 e. The lowest BCUT2D eigenvalue weighted by molar-refractivity contribution is -0.124. The van der Waals surface area contributed by atoms with Crippen molar-refractivity contribution in [1.29, 1.82) is 0 Å². The summed E-state index contributed by atoms with van der Waals surface area (Å²) in [4.78, 5) is 26.0. The third-order valence-corrected chi connectivity index (χ3v) is 7.95. The van der Waals surface area contributed by atoms with Gasteiger partial charge in [0.25, 0.3) is 5.91 Å². The monoisotopic (exact) mass is 530 g/mol. The van der Waals surface area contributed by atoms with Crippen LogP contribution in [0, 0.1) is 20.8 Å². The number of unbranched alkanes of at least 4 members (excludes halogenated alkanes) is 3. The molecule has 0 bridgehead atoms. The molecule has 1 saturated heterocycles. The molecule has 8 nitrogen and oxygen atoms in total. The first-order valence-corrected chi connectivity index (χ1v) is 13.8. The van der Waals surface area contributed by atoms with E-state index in [1.807, 2.05) is 24.3 Å². The summed E-state index contributed by atoms with van der Waals surface area (Å²) in [5.41, 5.74) is 15.9. The molecule has 2 aromatic rings. The van der Waals surface area contributed by atoms with Gasteiger partial charge < -0.3 is 9.47 Å². The SMILES string of the molecule is Cc1c(C)c2c(c(C)c1CCCCCCN=[N+]=[N-])CCC(C)(COc1ccc(/C=C3\CC(=O)NC3=O)cc1)O2. The predicted octanol–water partition coefficient (Wildman–Crippen LogP) is 6.62. The molecule has 206 valence electrons. The van der Waals surface area contributed by atoms with E-state index in [1.165, 1.54) is 27.8 Å². The molecule has 2 aliphatic heterocycles. The molecule has 1 N–H and O–H groups in total. The van der Waals surface area contributed by atoms with Gasteiger partial charge in [-0.1, -0.05) is 30.1 Å². The number of azide groups is 1. The molecular formula is C31H38N4O4. The number of imide groups is 1. The van der Waals surface area contributed by atoms with Gasteiger partial charge in [-0.2, -0.15) is 0 Å². The van der Waals surface area contributed by atoms with E-state index in [-0.39, 0.29) is 18.2 Å². The highest BCUT2D eigenvalue weighted by Gasteiger charge is 2.35. The van der Waals surface area contributed by atoms with Crippen LogP contribution in [0.5, 0.6) is 11.5 Å². The van der Waals surface area contributed by atoms with Gasteiger partial charge in [-0.15, -0.1) is 0 Å². The van der Waals surface area contributed by atoms with E-state index in [1.54, 1.807) is 6.08 Å². The zero-order chi connectivity index (χ0) is 28.0. The summed E-state index contributed by atoms with van der Waals surface area (Å²) in [5, 5.41) is 5.92. The summed E-state index contributed by atoms with van der Waals surface area (Å²) in [7, 11) is 0. The molecule has 0 saturated carbocycles. The van der Waals surface area contributed by atoms with Crippen molar-refractivity contribution in [3.63, 3.8) is 0 Å². The van der Waals surface area contributed by atoms with Crippen molar-refractivity contribution in [2.75, 3.05) is 13.2 Å². The number of benzene rings is 2. The van der Waals surface area contributed by atoms with E-state index < -0.39 is 5.60 Å². The standard InChI is InChI=1S/C31H38N4O4/c1-20-21(2)29-27(22(3)26(20)9-7-5-6-8-16-33-35-32)14-15-31(4,39-29)19-38-25-12-10-23(11-13-25)17-24-18-28(36)34-30(24)37/h10-13,17H,5-9,14-16,18-19H2,1-4H3,(H,34,36,37)/b24-17+. The molecule has 1 atom stereocenters. The third kappa shape index (κ3) is 6.82. The van der Waals surface area contributed by atoms with Gasteiger partial charge in [-0.25, -0.2) is 0 Å². The maximum absolute atomic E-state index is 11.8. The summed E-state index contributed by atoms with van der Waals surface area (Å²) >= 11 is 0. The molecule has 0 aliphatic carbocycles. The number of ether oxygens (including phenoxy) is 2. The number of carbonyl (C=O) groups excluding carboxylic acids is 2. The Morgan fingerprint density at radius 1 is 1.08 bits per heavy atom. The third-order valence-electron chi connectivity index (χ3n) is 7.95. The van der Waals surface area contributed by atoms with Crippen LogP contribution in [0.15, 0.2) is 35.0 Å². The van der Waals surface area contributed by atoms with Crippen LogP contribution >= 0.6 is 0 Å². The van der Waals surface area contributed by atoms with Crippen LogP contribution in [0.3, 0.4) is 0 Å². The number of fused-ring (bicyclic) bond motifs is 1. The second-order valence-electron chi connectivity index (χ2n) is 10.9. The van der Waals surface area contributed by atoms with Crippen LogP contribution in [0.2, 0.25) is 0 Å². The van der Waals surface area contributed by atoms with Gasteiger partial charge in [0.1, 0.15) is 23.7 Å². The van der Waals surface area contributed by atoms with Crippen LogP contribution in [-0.4, -0.2) is 30.6 Å². The average Bonchev–Trinajstić information content (AvgIpc) is 3.24. The van der Waals surface area contributed by atoms with Gasteiger partial charge in [0, 0.05) is 17.0 Å². The molecular weight excluding hydrogens is 492 g/mol. The van der Waals surface area contributed by atoms with Crippen molar-refractivity contribution >= 4 is 17.9 Å². The first kappa shape index (κ1) is 28.2. The highest BCUT2D eigenvalue weighted by atomic mass is 16.5. The molecule has 2 aliphatic rings. The van der Waals surface area contributed by atoms with E-state index in [0.29, 0.717) is 18.7 Å². The minimum absolute atomic E-state index is 0.119. The smallest absolute Gasteiger partial charge is 0.254 e. The molecule has 0 radical (unpaired) electrons. The Morgan fingerprint density at radius 2 is 1.82 bits per heavy atom. The predicted molar refractivity (Wildman–Crippen MR) is 152 cm³/mol. The summed E-state index contributed by atoms with van der Waals surface area (Å²) in [5.74, 6) is 1.15. The van der Waals surface area contributed by atoms with E-state index in [2.05, 4.69) is 43.0 Å². The molecule has 2 aromatic carbocycles. The average molecular weight is 531 g/mol. The molecule has 1 fully saturated rings. The zero-order valence-electron chi connectivity index (χ0n) is 23.4. The highest BCUT2D eigenvalue weighted by molar-refractivity contribution is 6.15. The van der Waals surface area contributed by atoms with Gasteiger partial charge in [-0.3, -0.25) is 14.9 Å². The fourth-order valence-electron chi connectivity index (χ4n) is 5.46. The number of hydrogen-bond donors (Lipinski definition) is 1. The van der Waals surface area contributed by atoms with Crippen LogP contribution in [0.25, 0.3) is 16.5 Å². The number of rotatable bonds is 11. The quantitative estimate of drug-likeness (QED) is 0.0878. The Kier molecular flexibility index (Phi) is 8.97. The minimum atomic E-state index is -0.437. The molecule has 2 heterocycles. The number of carbonyl (C=O) groups is 2. The van der Waals surface area contributed by atoms with Crippen molar-refractivity contribution in [2.45, 2.75) is 84.7 Å². The first-order chi connectivity index (χ1) is 18.7. The Bertz CT molecular complexity index is 1330. The topological polar surface area (TPSA) is 113 Å². The van der Waals surface area contributed by atoms with Crippen molar-refractivity contribution in [3.05, 3.63) is 73.7 Å². The van der Waals surface area contributed by atoms with Gasteiger partial charge in [0.05, 0.1) is 6.42 Å². The second-order valence-corrected chi connectivity index (χ2v) is 10.9. The van der Waals surface area contributed by atoms with Crippen LogP contribution in [0.1, 0.15) is 78.8 Å². The highest BCUT2D eigenvalue weighted by Crippen LogP contribution is 2.41. The van der Waals surface area contributed by atoms with E-state index in [9.17, 15) is 9.59 Å². The van der Waals surface area contributed by atoms with Crippen LogP contribution < -0.4 is 14.8 Å². The summed E-state index contributed by atoms with van der Waals surface area (Å²) in [6, 6.07) is 7.53. The summed E-state index contributed by atoms with van der Waals surface area (Å²) in [6.07, 6.45) is 9.03. The number of nitrogens with one attached hydrogen (secondary N) is 1. The Morgan fingerprint density at radius 3 is 2.51 bits per heavy atom. The lowest BCUT2D eigenvalue weighted by Gasteiger charge is -2.38. The van der Waals surface area contributed by atoms with E-state index >= 15 is 0 Å². The molecule has 8 heteroatoms. The zero-order valence-corrected chi connectivity index (χ0v) is 23.4. The number of nitrogens with zero attached hydrogens (tertiary/aromatic N) is 3. The number of hydrogen-bond acceptors (Lipinski definition) is 5. The van der Waals surface area contributed by atoms with E-state index in [0.717, 1.165) is 62.0 Å². The molecule has 1 unspecified atom stereocenters.